The van der Waals surface area contributed by atoms with Crippen molar-refractivity contribution in [1.29, 1.82) is 0 Å². The molecule has 180 valence electrons. The third-order valence-corrected chi connectivity index (χ3v) is 6.66. The lowest BCUT2D eigenvalue weighted by Gasteiger charge is -2.42. The molecule has 1 aliphatic carbocycles. The number of hydrogen-bond donors (Lipinski definition) is 2. The van der Waals surface area contributed by atoms with Crippen LogP contribution in [-0.2, 0) is 11.3 Å². The number of imidazole rings is 1. The standard InChI is InChI=1S/C25H30BrN5O3/c1-25(2,3)34-24(33)31-12-17(13-31)22(32)20-8-16(15-4-5-15)11-30-14-19(29-23(20)30)10-28-18-6-7-27-21(26)9-18/h6-9,11,14-15,17,22,32H,4-5,10,12-13H2,1-3H3,(H,27,28). The lowest BCUT2D eigenvalue weighted by atomic mass is 9.89. The maximum Gasteiger partial charge on any atom is 0.410 e. The molecule has 1 unspecified atom stereocenters. The van der Waals surface area contributed by atoms with E-state index < -0.39 is 11.7 Å². The first-order chi connectivity index (χ1) is 16.2. The van der Waals surface area contributed by atoms with Crippen molar-refractivity contribution in [3.05, 3.63) is 58.2 Å². The number of rotatable bonds is 6. The monoisotopic (exact) mass is 527 g/mol. The van der Waals surface area contributed by atoms with Crippen LogP contribution < -0.4 is 5.32 Å². The highest BCUT2D eigenvalue weighted by Crippen LogP contribution is 2.42. The summed E-state index contributed by atoms with van der Waals surface area (Å²) in [4.78, 5) is 23.0. The molecule has 1 amide bonds. The number of nitrogens with zero attached hydrogens (tertiary/aromatic N) is 4. The Hall–Kier alpha value is -2.65. The van der Waals surface area contributed by atoms with Crippen LogP contribution in [-0.4, -0.2) is 49.2 Å². The Bertz CT molecular complexity index is 1210. The van der Waals surface area contributed by atoms with Gasteiger partial charge in [-0.1, -0.05) is 0 Å². The molecule has 34 heavy (non-hydrogen) atoms. The van der Waals surface area contributed by atoms with Crippen molar-refractivity contribution < 1.29 is 14.6 Å². The van der Waals surface area contributed by atoms with Crippen molar-refractivity contribution in [2.45, 2.75) is 57.8 Å². The van der Waals surface area contributed by atoms with Crippen molar-refractivity contribution in [3.8, 4) is 0 Å². The fraction of sp³-hybridized carbons (Fsp3) is 0.480. The number of ether oxygens (including phenoxy) is 1. The van der Waals surface area contributed by atoms with Gasteiger partial charge in [-0.2, -0.15) is 0 Å². The van der Waals surface area contributed by atoms with Crippen LogP contribution in [0.2, 0.25) is 0 Å². The Labute approximate surface area is 207 Å². The van der Waals surface area contributed by atoms with Crippen molar-refractivity contribution in [3.63, 3.8) is 0 Å². The average Bonchev–Trinajstić information content (AvgIpc) is 3.48. The zero-order valence-corrected chi connectivity index (χ0v) is 21.2. The van der Waals surface area contributed by atoms with Crippen LogP contribution in [0.15, 0.2) is 41.4 Å². The molecule has 4 heterocycles. The number of likely N-dealkylation sites (tertiary alicyclic amines) is 1. The molecular formula is C25H30BrN5O3. The van der Waals surface area contributed by atoms with E-state index in [0.29, 0.717) is 25.6 Å². The smallest absolute Gasteiger partial charge is 0.410 e. The number of fused-ring (bicyclic) bond motifs is 1. The number of aliphatic hydroxyl groups excluding tert-OH is 1. The molecule has 0 bridgehead atoms. The van der Waals surface area contributed by atoms with Gasteiger partial charge in [0, 0.05) is 48.8 Å². The highest BCUT2D eigenvalue weighted by Gasteiger charge is 2.39. The Morgan fingerprint density at radius 1 is 1.29 bits per heavy atom. The predicted octanol–water partition coefficient (Wildman–Crippen LogP) is 4.88. The van der Waals surface area contributed by atoms with Crippen molar-refractivity contribution in [2.75, 3.05) is 18.4 Å². The summed E-state index contributed by atoms with van der Waals surface area (Å²) in [6.45, 7) is 7.08. The Morgan fingerprint density at radius 2 is 2.06 bits per heavy atom. The van der Waals surface area contributed by atoms with E-state index in [1.807, 2.05) is 43.5 Å². The van der Waals surface area contributed by atoms with Gasteiger partial charge in [0.25, 0.3) is 0 Å². The van der Waals surface area contributed by atoms with Crippen molar-refractivity contribution in [1.82, 2.24) is 19.3 Å². The maximum absolute atomic E-state index is 12.3. The molecule has 0 aromatic carbocycles. The number of anilines is 1. The molecule has 2 N–H and O–H groups in total. The summed E-state index contributed by atoms with van der Waals surface area (Å²) in [5, 5.41) is 14.7. The van der Waals surface area contributed by atoms with Gasteiger partial charge in [-0.3, -0.25) is 0 Å². The molecule has 1 aliphatic heterocycles. The number of halogens is 1. The van der Waals surface area contributed by atoms with Crippen molar-refractivity contribution in [2.24, 2.45) is 5.92 Å². The molecule has 0 spiro atoms. The van der Waals surface area contributed by atoms with Crippen LogP contribution in [0.25, 0.3) is 5.65 Å². The van der Waals surface area contributed by atoms with Crippen LogP contribution in [0.5, 0.6) is 0 Å². The molecule has 0 radical (unpaired) electrons. The molecule has 9 heteroatoms. The maximum atomic E-state index is 12.3. The first kappa shape index (κ1) is 23.1. The molecule has 3 aromatic heterocycles. The van der Waals surface area contributed by atoms with Crippen LogP contribution in [0.1, 0.15) is 62.5 Å². The fourth-order valence-electron chi connectivity index (χ4n) is 4.29. The first-order valence-electron chi connectivity index (χ1n) is 11.7. The summed E-state index contributed by atoms with van der Waals surface area (Å²) in [6, 6.07) is 5.94. The van der Waals surface area contributed by atoms with Gasteiger partial charge < -0.3 is 24.5 Å². The second-order valence-corrected chi connectivity index (χ2v) is 11.1. The average molecular weight is 528 g/mol. The summed E-state index contributed by atoms with van der Waals surface area (Å²) in [5.74, 6) is 0.506. The minimum atomic E-state index is -0.695. The largest absolute Gasteiger partial charge is 0.444 e. The number of pyridine rings is 2. The molecule has 1 saturated heterocycles. The number of nitrogens with one attached hydrogen (secondary N) is 1. The van der Waals surface area contributed by atoms with Gasteiger partial charge >= 0.3 is 6.09 Å². The van der Waals surface area contributed by atoms with Crippen LogP contribution >= 0.6 is 15.9 Å². The van der Waals surface area contributed by atoms with Crippen molar-refractivity contribution >= 4 is 33.4 Å². The van der Waals surface area contributed by atoms with Gasteiger partial charge in [0.05, 0.1) is 18.3 Å². The molecule has 5 rings (SSSR count). The normalized spacial score (nSPS) is 17.5. The van der Waals surface area contributed by atoms with E-state index in [9.17, 15) is 9.90 Å². The van der Waals surface area contributed by atoms with E-state index in [2.05, 4.69) is 38.5 Å². The summed E-state index contributed by atoms with van der Waals surface area (Å²) in [6.07, 6.45) is 7.23. The number of amides is 1. The van der Waals surface area contributed by atoms with Gasteiger partial charge in [-0.25, -0.2) is 14.8 Å². The van der Waals surface area contributed by atoms with Gasteiger partial charge in [-0.05, 0) is 79.2 Å². The van der Waals surface area contributed by atoms with Crippen LogP contribution in [0, 0.1) is 5.92 Å². The van der Waals surface area contributed by atoms with Crippen LogP contribution in [0.3, 0.4) is 0 Å². The SMILES string of the molecule is CC(C)(C)OC(=O)N1CC(C(O)c2cc(C3CC3)cn3cc(CNc4ccnc(Br)c4)nc23)C1. The summed E-state index contributed by atoms with van der Waals surface area (Å²) in [5.41, 5.74) is 4.14. The van der Waals surface area contributed by atoms with E-state index >= 15 is 0 Å². The highest BCUT2D eigenvalue weighted by molar-refractivity contribution is 9.10. The van der Waals surface area contributed by atoms with E-state index in [-0.39, 0.29) is 12.0 Å². The number of carbonyl (C=O) groups is 1. The lowest BCUT2D eigenvalue weighted by molar-refractivity contribution is -0.0312. The number of aromatic nitrogens is 3. The third kappa shape index (κ3) is 5.05. The quantitative estimate of drug-likeness (QED) is 0.443. The Morgan fingerprint density at radius 3 is 2.74 bits per heavy atom. The molecule has 2 aliphatic rings. The molecule has 2 fully saturated rings. The molecule has 3 aromatic rings. The predicted molar refractivity (Wildman–Crippen MR) is 133 cm³/mol. The number of carbonyl (C=O) groups excluding carboxylic acids is 1. The number of hydrogen-bond acceptors (Lipinski definition) is 6. The highest BCUT2D eigenvalue weighted by atomic mass is 79.9. The van der Waals surface area contributed by atoms with Crippen LogP contribution in [0.4, 0.5) is 10.5 Å². The first-order valence-corrected chi connectivity index (χ1v) is 12.5. The summed E-state index contributed by atoms with van der Waals surface area (Å²) >= 11 is 3.39. The van der Waals surface area contributed by atoms with E-state index in [1.165, 1.54) is 18.4 Å². The zero-order chi connectivity index (χ0) is 24.0. The van der Waals surface area contributed by atoms with Gasteiger partial charge in [0.2, 0.25) is 0 Å². The topological polar surface area (TPSA) is 92.0 Å². The number of aliphatic hydroxyl groups is 1. The Kier molecular flexibility index (Phi) is 6.02. The zero-order valence-electron chi connectivity index (χ0n) is 19.7. The van der Waals surface area contributed by atoms with Gasteiger partial charge in [-0.15, -0.1) is 0 Å². The lowest BCUT2D eigenvalue weighted by Crippen LogP contribution is -2.53. The molecule has 1 saturated carbocycles. The fourth-order valence-corrected chi connectivity index (χ4v) is 4.65. The minimum absolute atomic E-state index is 0.0433. The third-order valence-electron chi connectivity index (χ3n) is 6.23. The van der Waals surface area contributed by atoms with E-state index in [1.54, 1.807) is 11.1 Å². The second kappa shape index (κ2) is 8.85. The van der Waals surface area contributed by atoms with Gasteiger partial charge in [0.15, 0.2) is 0 Å². The molecular weight excluding hydrogens is 498 g/mol. The Balaban J connectivity index is 1.34. The molecule has 8 nitrogen and oxygen atoms in total. The van der Waals surface area contributed by atoms with E-state index in [4.69, 9.17) is 9.72 Å². The minimum Gasteiger partial charge on any atom is -0.444 e. The van der Waals surface area contributed by atoms with E-state index in [0.717, 1.165) is 27.2 Å². The van der Waals surface area contributed by atoms with Gasteiger partial charge in [0.1, 0.15) is 15.9 Å². The summed E-state index contributed by atoms with van der Waals surface area (Å²) < 4.78 is 8.26. The second-order valence-electron chi connectivity index (χ2n) is 10.3. The molecule has 1 atom stereocenters. The summed E-state index contributed by atoms with van der Waals surface area (Å²) in [7, 11) is 0.